The van der Waals surface area contributed by atoms with Crippen LogP contribution in [0.1, 0.15) is 19.5 Å². The molecule has 0 saturated heterocycles. The minimum Gasteiger partial charge on any atom is -0.356 e. The number of carbonyl (C=O) groups excluding carboxylic acids is 3. The van der Waals surface area contributed by atoms with Crippen LogP contribution in [0.15, 0.2) is 22.5 Å². The van der Waals surface area contributed by atoms with Gasteiger partial charge in [-0.3, -0.25) is 14.4 Å². The summed E-state index contributed by atoms with van der Waals surface area (Å²) in [6.07, 6.45) is 4.55. The molecule has 1 aromatic rings. The molecule has 1 atom stereocenters. The maximum atomic E-state index is 12.0. The van der Waals surface area contributed by atoms with E-state index in [9.17, 15) is 14.4 Å². The van der Waals surface area contributed by atoms with Crippen LogP contribution in [0.3, 0.4) is 0 Å². The maximum absolute atomic E-state index is 12.0. The lowest BCUT2D eigenvalue weighted by Crippen LogP contribution is -2.29. The van der Waals surface area contributed by atoms with E-state index in [1.165, 1.54) is 23.6 Å². The highest BCUT2D eigenvalue weighted by molar-refractivity contribution is 7.13. The van der Waals surface area contributed by atoms with E-state index in [0.29, 0.717) is 23.3 Å². The van der Waals surface area contributed by atoms with Crippen LogP contribution in [0, 0.1) is 11.8 Å². The first-order valence-corrected chi connectivity index (χ1v) is 8.10. The summed E-state index contributed by atoms with van der Waals surface area (Å²) < 4.78 is 0. The molecule has 0 bridgehead atoms. The Balaban J connectivity index is 1.88. The molecule has 0 radical (unpaired) electrons. The van der Waals surface area contributed by atoms with Crippen molar-refractivity contribution in [2.24, 2.45) is 16.8 Å². The molecule has 122 valence electrons. The molecule has 1 aliphatic heterocycles. The van der Waals surface area contributed by atoms with Crippen molar-refractivity contribution in [1.29, 1.82) is 0 Å². The standard InChI is InChI=1S/C15H18N4O3S/c1-9(2)7-17-12(20)6-10-8-23-15(18-10)19-14(22)11-4-3-5-16-13(11)21/h3-5,8-9,11H,6-7H2,1-2H3,(H,17,20)(H,18,19,22). The number of amides is 3. The highest BCUT2D eigenvalue weighted by Gasteiger charge is 2.25. The number of carbonyl (C=O) groups is 3. The fourth-order valence-electron chi connectivity index (χ4n) is 1.81. The second-order valence-electron chi connectivity index (χ2n) is 5.49. The number of dihydropyridines is 1. The molecule has 2 heterocycles. The number of aromatic nitrogens is 1. The van der Waals surface area contributed by atoms with Gasteiger partial charge < -0.3 is 10.6 Å². The van der Waals surface area contributed by atoms with Gasteiger partial charge in [0.15, 0.2) is 5.13 Å². The predicted octanol–water partition coefficient (Wildman–Crippen LogP) is 1.18. The second kappa shape index (κ2) is 7.77. The number of allylic oxidation sites excluding steroid dienone is 1. The molecular formula is C15H18N4O3S. The van der Waals surface area contributed by atoms with Gasteiger partial charge in [-0.05, 0) is 12.0 Å². The van der Waals surface area contributed by atoms with Crippen molar-refractivity contribution in [3.05, 3.63) is 23.2 Å². The topological polar surface area (TPSA) is 101 Å². The molecule has 2 N–H and O–H groups in total. The molecule has 0 fully saturated rings. The first-order chi connectivity index (χ1) is 11.0. The van der Waals surface area contributed by atoms with Crippen molar-refractivity contribution in [1.82, 2.24) is 10.3 Å². The molecule has 0 aromatic carbocycles. The molecule has 7 nitrogen and oxygen atoms in total. The molecule has 3 amide bonds. The predicted molar refractivity (Wildman–Crippen MR) is 88.4 cm³/mol. The molecular weight excluding hydrogens is 316 g/mol. The van der Waals surface area contributed by atoms with E-state index in [-0.39, 0.29) is 12.3 Å². The third-order valence-corrected chi connectivity index (χ3v) is 3.78. The summed E-state index contributed by atoms with van der Waals surface area (Å²) >= 11 is 1.21. The number of hydrogen-bond acceptors (Lipinski definition) is 5. The molecule has 0 aliphatic carbocycles. The van der Waals surface area contributed by atoms with Crippen molar-refractivity contribution in [2.45, 2.75) is 20.3 Å². The Hall–Kier alpha value is -2.35. The van der Waals surface area contributed by atoms with Crippen molar-refractivity contribution >= 4 is 40.4 Å². The first-order valence-electron chi connectivity index (χ1n) is 7.22. The van der Waals surface area contributed by atoms with Gasteiger partial charge in [0.2, 0.25) is 11.8 Å². The Labute approximate surface area is 137 Å². The summed E-state index contributed by atoms with van der Waals surface area (Å²) in [5, 5.41) is 7.45. The van der Waals surface area contributed by atoms with Gasteiger partial charge in [-0.15, -0.1) is 11.3 Å². The van der Waals surface area contributed by atoms with Crippen LogP contribution in [0.2, 0.25) is 0 Å². The summed E-state index contributed by atoms with van der Waals surface area (Å²) in [4.78, 5) is 43.0. The van der Waals surface area contributed by atoms with Gasteiger partial charge in [0.05, 0.1) is 12.1 Å². The highest BCUT2D eigenvalue weighted by atomic mass is 32.1. The summed E-state index contributed by atoms with van der Waals surface area (Å²) in [5.41, 5.74) is 0.579. The molecule has 0 saturated carbocycles. The SMILES string of the molecule is CC(C)CNC(=O)Cc1csc(NC(=O)C2C=CC=NC2=O)n1. The summed E-state index contributed by atoms with van der Waals surface area (Å²) in [5.74, 6) is -1.64. The van der Waals surface area contributed by atoms with Crippen LogP contribution in [0.4, 0.5) is 5.13 Å². The van der Waals surface area contributed by atoms with Crippen LogP contribution in [-0.2, 0) is 20.8 Å². The van der Waals surface area contributed by atoms with Gasteiger partial charge in [0.25, 0.3) is 5.91 Å². The lowest BCUT2D eigenvalue weighted by atomic mass is 10.1. The number of nitrogens with zero attached hydrogens (tertiary/aromatic N) is 2. The highest BCUT2D eigenvalue weighted by Crippen LogP contribution is 2.18. The Bertz CT molecular complexity index is 663. The summed E-state index contributed by atoms with van der Waals surface area (Å²) in [6, 6.07) is 0. The minimum atomic E-state index is -0.929. The largest absolute Gasteiger partial charge is 0.356 e. The number of aliphatic imine (C=N–C) groups is 1. The molecule has 1 aromatic heterocycles. The number of thiazole rings is 1. The van der Waals surface area contributed by atoms with E-state index >= 15 is 0 Å². The molecule has 8 heteroatoms. The lowest BCUT2D eigenvalue weighted by molar-refractivity contribution is -0.128. The van der Waals surface area contributed by atoms with Crippen molar-refractivity contribution in [3.63, 3.8) is 0 Å². The van der Waals surface area contributed by atoms with Gasteiger partial charge in [-0.1, -0.05) is 19.9 Å². The van der Waals surface area contributed by atoms with Crippen molar-refractivity contribution in [3.8, 4) is 0 Å². The van der Waals surface area contributed by atoms with Crippen LogP contribution in [0.5, 0.6) is 0 Å². The van der Waals surface area contributed by atoms with Gasteiger partial charge in [0.1, 0.15) is 5.92 Å². The van der Waals surface area contributed by atoms with E-state index < -0.39 is 17.7 Å². The molecule has 0 spiro atoms. The van der Waals surface area contributed by atoms with E-state index in [4.69, 9.17) is 0 Å². The quantitative estimate of drug-likeness (QED) is 0.763. The third kappa shape index (κ3) is 5.10. The number of rotatable bonds is 6. The number of anilines is 1. The number of nitrogens with one attached hydrogen (secondary N) is 2. The van der Waals surface area contributed by atoms with E-state index in [1.807, 2.05) is 13.8 Å². The Morgan fingerprint density at radius 2 is 2.17 bits per heavy atom. The average Bonchev–Trinajstić information content (AvgIpc) is 2.92. The summed E-state index contributed by atoms with van der Waals surface area (Å²) in [7, 11) is 0. The van der Waals surface area contributed by atoms with E-state index in [0.717, 1.165) is 0 Å². The summed E-state index contributed by atoms with van der Waals surface area (Å²) in [6.45, 7) is 4.65. The van der Waals surface area contributed by atoms with Crippen LogP contribution >= 0.6 is 11.3 Å². The third-order valence-electron chi connectivity index (χ3n) is 2.97. The zero-order chi connectivity index (χ0) is 16.8. The van der Waals surface area contributed by atoms with E-state index in [1.54, 1.807) is 11.5 Å². The Morgan fingerprint density at radius 3 is 2.87 bits per heavy atom. The van der Waals surface area contributed by atoms with Crippen LogP contribution in [-0.4, -0.2) is 35.5 Å². The van der Waals surface area contributed by atoms with Gasteiger partial charge in [0, 0.05) is 18.1 Å². The van der Waals surface area contributed by atoms with Crippen molar-refractivity contribution < 1.29 is 14.4 Å². The van der Waals surface area contributed by atoms with Crippen LogP contribution in [0.25, 0.3) is 0 Å². The first kappa shape index (κ1) is 17.0. The lowest BCUT2D eigenvalue weighted by Gasteiger charge is -2.09. The molecule has 1 aliphatic rings. The molecule has 2 rings (SSSR count). The maximum Gasteiger partial charge on any atom is 0.262 e. The fraction of sp³-hybridized carbons (Fsp3) is 0.400. The number of hydrogen-bond donors (Lipinski definition) is 2. The molecule has 1 unspecified atom stereocenters. The zero-order valence-electron chi connectivity index (χ0n) is 12.9. The fourth-order valence-corrected chi connectivity index (χ4v) is 2.53. The zero-order valence-corrected chi connectivity index (χ0v) is 13.7. The normalized spacial score (nSPS) is 16.7. The minimum absolute atomic E-state index is 0.110. The van der Waals surface area contributed by atoms with Gasteiger partial charge in [-0.2, -0.15) is 0 Å². The average molecular weight is 334 g/mol. The molecule has 23 heavy (non-hydrogen) atoms. The second-order valence-corrected chi connectivity index (χ2v) is 6.35. The Kier molecular flexibility index (Phi) is 5.75. The Morgan fingerprint density at radius 1 is 1.39 bits per heavy atom. The smallest absolute Gasteiger partial charge is 0.262 e. The van der Waals surface area contributed by atoms with Crippen LogP contribution < -0.4 is 10.6 Å². The van der Waals surface area contributed by atoms with Crippen molar-refractivity contribution in [2.75, 3.05) is 11.9 Å². The van der Waals surface area contributed by atoms with Gasteiger partial charge >= 0.3 is 0 Å². The van der Waals surface area contributed by atoms with Gasteiger partial charge in [-0.25, -0.2) is 9.98 Å². The van der Waals surface area contributed by atoms with E-state index in [2.05, 4.69) is 20.6 Å². The monoisotopic (exact) mass is 334 g/mol.